The van der Waals surface area contributed by atoms with Crippen LogP contribution in [-0.4, -0.2) is 65.8 Å². The van der Waals surface area contributed by atoms with Crippen LogP contribution in [0.4, 0.5) is 13.2 Å². The minimum atomic E-state index is -4.33. The number of piperazine rings is 1. The van der Waals surface area contributed by atoms with Crippen molar-refractivity contribution in [3.8, 4) is 0 Å². The van der Waals surface area contributed by atoms with Crippen LogP contribution in [0, 0.1) is 5.92 Å². The third-order valence-electron chi connectivity index (χ3n) is 6.75. The number of amides is 2. The average molecular weight is 486 g/mol. The number of piperidine rings is 1. The summed E-state index contributed by atoms with van der Waals surface area (Å²) in [6, 6.07) is 14.9. The number of alkyl halides is 3. The highest BCUT2D eigenvalue weighted by molar-refractivity contribution is 5.92. The Bertz CT molecular complexity index is 1020. The molecule has 35 heavy (non-hydrogen) atoms. The molecule has 5 nitrogen and oxygen atoms in total. The number of hydrogen-bond donors (Lipinski definition) is 0. The molecule has 2 fully saturated rings. The van der Waals surface area contributed by atoms with Crippen molar-refractivity contribution in [3.05, 3.63) is 77.4 Å². The normalized spacial score (nSPS) is 18.3. The molecule has 4 rings (SSSR count). The highest BCUT2D eigenvalue weighted by atomic mass is 19.4. The molecule has 186 valence electrons. The van der Waals surface area contributed by atoms with Crippen molar-refractivity contribution in [1.82, 2.24) is 14.7 Å². The van der Waals surface area contributed by atoms with Crippen molar-refractivity contribution >= 4 is 17.9 Å². The van der Waals surface area contributed by atoms with E-state index in [1.165, 1.54) is 12.1 Å². The van der Waals surface area contributed by atoms with Crippen LogP contribution in [0.2, 0.25) is 0 Å². The van der Waals surface area contributed by atoms with E-state index >= 15 is 0 Å². The first-order valence-electron chi connectivity index (χ1n) is 12.0. The van der Waals surface area contributed by atoms with Crippen LogP contribution in [0.15, 0.2) is 60.7 Å². The predicted octanol–water partition coefficient (Wildman–Crippen LogP) is 4.30. The summed E-state index contributed by atoms with van der Waals surface area (Å²) in [5.74, 6) is 0.0429. The van der Waals surface area contributed by atoms with E-state index in [0.717, 1.165) is 23.3 Å². The highest BCUT2D eigenvalue weighted by Gasteiger charge is 2.32. The number of carbonyl (C=O) groups excluding carboxylic acids is 2. The third-order valence-corrected chi connectivity index (χ3v) is 6.75. The lowest BCUT2D eigenvalue weighted by Gasteiger charge is -2.38. The Morgan fingerprint density at radius 1 is 0.829 bits per heavy atom. The number of halogens is 3. The van der Waals surface area contributed by atoms with Crippen LogP contribution in [-0.2, 0) is 22.3 Å². The summed E-state index contributed by atoms with van der Waals surface area (Å²) in [7, 11) is 0. The molecule has 0 saturated carbocycles. The number of hydrogen-bond acceptors (Lipinski definition) is 3. The summed E-state index contributed by atoms with van der Waals surface area (Å²) in [5, 5.41) is 0. The maximum absolute atomic E-state index is 13.0. The molecular weight excluding hydrogens is 455 g/mol. The van der Waals surface area contributed by atoms with Crippen molar-refractivity contribution in [3.63, 3.8) is 0 Å². The van der Waals surface area contributed by atoms with E-state index in [9.17, 15) is 22.8 Å². The van der Waals surface area contributed by atoms with Gasteiger partial charge in [0.15, 0.2) is 0 Å². The highest BCUT2D eigenvalue weighted by Crippen LogP contribution is 2.29. The van der Waals surface area contributed by atoms with Gasteiger partial charge in [0.2, 0.25) is 11.8 Å². The number of benzene rings is 2. The fourth-order valence-electron chi connectivity index (χ4n) is 4.63. The maximum atomic E-state index is 13.0. The number of carbonyl (C=O) groups is 2. The van der Waals surface area contributed by atoms with Crippen molar-refractivity contribution in [1.29, 1.82) is 0 Å². The summed E-state index contributed by atoms with van der Waals surface area (Å²) >= 11 is 0. The fourth-order valence-corrected chi connectivity index (χ4v) is 4.63. The largest absolute Gasteiger partial charge is 0.416 e. The van der Waals surface area contributed by atoms with E-state index in [2.05, 4.69) is 4.90 Å². The summed E-state index contributed by atoms with van der Waals surface area (Å²) in [5.41, 5.74) is 1.16. The van der Waals surface area contributed by atoms with Gasteiger partial charge in [0.05, 0.1) is 5.56 Å². The van der Waals surface area contributed by atoms with Gasteiger partial charge in [-0.25, -0.2) is 0 Å². The molecule has 2 amide bonds. The zero-order valence-corrected chi connectivity index (χ0v) is 19.6. The van der Waals surface area contributed by atoms with Crippen LogP contribution in [0.25, 0.3) is 6.08 Å². The zero-order chi connectivity index (χ0) is 24.8. The number of nitrogens with zero attached hydrogens (tertiary/aromatic N) is 3. The van der Waals surface area contributed by atoms with Crippen LogP contribution in [0.1, 0.15) is 29.5 Å². The van der Waals surface area contributed by atoms with Gasteiger partial charge < -0.3 is 9.80 Å². The molecule has 2 heterocycles. The van der Waals surface area contributed by atoms with Crippen LogP contribution in [0.3, 0.4) is 0 Å². The first-order chi connectivity index (χ1) is 16.8. The topological polar surface area (TPSA) is 43.9 Å². The number of rotatable bonds is 5. The number of likely N-dealkylation sites (tertiary alicyclic amines) is 1. The molecule has 2 aliphatic heterocycles. The SMILES string of the molecule is O=C(/C=C/c1ccccc1)N1CCC(C(=O)N2CCN(Cc3ccc(C(F)(F)F)cc3)CC2)CC1. The lowest BCUT2D eigenvalue weighted by atomic mass is 9.95. The van der Waals surface area contributed by atoms with Gasteiger partial charge >= 0.3 is 6.18 Å². The Labute approximate surface area is 203 Å². The molecule has 2 aliphatic rings. The second-order valence-corrected chi connectivity index (χ2v) is 9.14. The van der Waals surface area contributed by atoms with Crippen molar-refractivity contribution in [2.45, 2.75) is 25.6 Å². The van der Waals surface area contributed by atoms with E-state index in [4.69, 9.17) is 0 Å². The molecule has 0 radical (unpaired) electrons. The summed E-state index contributed by atoms with van der Waals surface area (Å²) in [6.45, 7) is 4.31. The average Bonchev–Trinajstić information content (AvgIpc) is 2.88. The van der Waals surface area contributed by atoms with E-state index in [1.807, 2.05) is 41.3 Å². The minimum Gasteiger partial charge on any atom is -0.340 e. The summed E-state index contributed by atoms with van der Waals surface area (Å²) in [4.78, 5) is 31.4. The van der Waals surface area contributed by atoms with Crippen LogP contribution >= 0.6 is 0 Å². The van der Waals surface area contributed by atoms with E-state index in [-0.39, 0.29) is 17.7 Å². The van der Waals surface area contributed by atoms with Gasteiger partial charge in [-0.1, -0.05) is 42.5 Å². The van der Waals surface area contributed by atoms with Gasteiger partial charge in [-0.2, -0.15) is 13.2 Å². The van der Waals surface area contributed by atoms with Gasteiger partial charge in [0.1, 0.15) is 0 Å². The summed E-state index contributed by atoms with van der Waals surface area (Å²) in [6.07, 6.45) is 0.398. The van der Waals surface area contributed by atoms with E-state index in [1.54, 1.807) is 11.0 Å². The van der Waals surface area contributed by atoms with Crippen molar-refractivity contribution < 1.29 is 22.8 Å². The lowest BCUT2D eigenvalue weighted by molar-refractivity contribution is -0.141. The Kier molecular flexibility index (Phi) is 7.90. The molecule has 8 heteroatoms. The molecular formula is C27H30F3N3O2. The first-order valence-corrected chi connectivity index (χ1v) is 12.0. The van der Waals surface area contributed by atoms with Gasteiger partial charge in [0, 0.05) is 57.8 Å². The fraction of sp³-hybridized carbons (Fsp3) is 0.407. The first kappa shape index (κ1) is 25.0. The molecule has 2 saturated heterocycles. The molecule has 2 aromatic carbocycles. The maximum Gasteiger partial charge on any atom is 0.416 e. The quantitative estimate of drug-likeness (QED) is 0.594. The summed E-state index contributed by atoms with van der Waals surface area (Å²) < 4.78 is 38.2. The second-order valence-electron chi connectivity index (χ2n) is 9.14. The Hall–Kier alpha value is -3.13. The molecule has 0 N–H and O–H groups in total. The van der Waals surface area contributed by atoms with Crippen molar-refractivity contribution in [2.24, 2.45) is 5.92 Å². The molecule has 2 aromatic rings. The molecule has 0 spiro atoms. The molecule has 0 unspecified atom stereocenters. The van der Waals surface area contributed by atoms with E-state index in [0.29, 0.717) is 58.7 Å². The van der Waals surface area contributed by atoms with Crippen LogP contribution in [0.5, 0.6) is 0 Å². The minimum absolute atomic E-state index is 0.0309. The van der Waals surface area contributed by atoms with Gasteiger partial charge in [-0.3, -0.25) is 14.5 Å². The second kappa shape index (κ2) is 11.1. The Balaban J connectivity index is 1.20. The zero-order valence-electron chi connectivity index (χ0n) is 19.6. The van der Waals surface area contributed by atoms with E-state index < -0.39 is 11.7 Å². The molecule has 0 atom stereocenters. The standard InChI is InChI=1S/C27H30F3N3O2/c28-27(29,30)24-9-6-22(7-10-24)20-31-16-18-33(19-17-31)26(35)23-12-14-32(15-13-23)25(34)11-8-21-4-2-1-3-5-21/h1-11,23H,12-20H2/b11-8+. The van der Waals surface area contributed by atoms with Crippen LogP contribution < -0.4 is 0 Å². The monoisotopic (exact) mass is 485 g/mol. The molecule has 0 aromatic heterocycles. The lowest BCUT2D eigenvalue weighted by Crippen LogP contribution is -2.51. The smallest absolute Gasteiger partial charge is 0.340 e. The van der Waals surface area contributed by atoms with Crippen molar-refractivity contribution in [2.75, 3.05) is 39.3 Å². The van der Waals surface area contributed by atoms with Gasteiger partial charge in [-0.05, 0) is 42.2 Å². The van der Waals surface area contributed by atoms with Gasteiger partial charge in [-0.15, -0.1) is 0 Å². The molecule has 0 bridgehead atoms. The predicted molar refractivity (Wildman–Crippen MR) is 128 cm³/mol. The Morgan fingerprint density at radius 3 is 2.06 bits per heavy atom. The molecule has 0 aliphatic carbocycles. The Morgan fingerprint density at radius 2 is 1.46 bits per heavy atom. The third kappa shape index (κ3) is 6.72. The van der Waals surface area contributed by atoms with Gasteiger partial charge in [0.25, 0.3) is 0 Å².